The molecule has 3 heteroatoms. The summed E-state index contributed by atoms with van der Waals surface area (Å²) in [5.74, 6) is 0.622. The molecule has 0 aromatic rings. The molecule has 2 unspecified atom stereocenters. The zero-order chi connectivity index (χ0) is 9.97. The lowest BCUT2D eigenvalue weighted by molar-refractivity contribution is -0.119. The molecule has 0 bridgehead atoms. The van der Waals surface area contributed by atoms with Gasteiger partial charge in [0, 0.05) is 6.04 Å². The Morgan fingerprint density at radius 1 is 1.07 bits per heavy atom. The third-order valence-electron chi connectivity index (χ3n) is 3.74. The molecule has 0 aromatic heterocycles. The Bertz CT molecular complexity index is 211. The zero-order valence-electron chi connectivity index (χ0n) is 8.67. The van der Waals surface area contributed by atoms with Gasteiger partial charge in [-0.1, -0.05) is 19.3 Å². The van der Waals surface area contributed by atoms with Gasteiger partial charge in [0.15, 0.2) is 0 Å². The Kier molecular flexibility index (Phi) is 3.06. The highest BCUT2D eigenvalue weighted by Gasteiger charge is 2.32. The van der Waals surface area contributed by atoms with E-state index in [1.54, 1.807) is 0 Å². The van der Waals surface area contributed by atoms with Crippen LogP contribution in [0.15, 0.2) is 0 Å². The van der Waals surface area contributed by atoms with E-state index >= 15 is 0 Å². The Morgan fingerprint density at radius 2 is 1.79 bits per heavy atom. The fraction of sp³-hybridized carbons (Fsp3) is 0.909. The molecule has 80 valence electrons. The number of nitrogens with one attached hydrogen (secondary N) is 1. The van der Waals surface area contributed by atoms with Crippen molar-refractivity contribution in [1.82, 2.24) is 5.32 Å². The van der Waals surface area contributed by atoms with Crippen molar-refractivity contribution in [3.05, 3.63) is 0 Å². The zero-order valence-corrected chi connectivity index (χ0v) is 8.67. The highest BCUT2D eigenvalue weighted by molar-refractivity contribution is 5.80. The molecule has 0 spiro atoms. The maximum absolute atomic E-state index is 11.0. The van der Waals surface area contributed by atoms with Gasteiger partial charge in [-0.05, 0) is 31.6 Å². The van der Waals surface area contributed by atoms with Crippen LogP contribution in [0, 0.1) is 5.92 Å². The molecule has 3 nitrogen and oxygen atoms in total. The first-order valence-electron chi connectivity index (χ1n) is 5.83. The minimum absolute atomic E-state index is 0.0538. The van der Waals surface area contributed by atoms with Crippen LogP contribution in [0.3, 0.4) is 0 Å². The van der Waals surface area contributed by atoms with E-state index in [9.17, 15) is 4.79 Å². The van der Waals surface area contributed by atoms with Crippen molar-refractivity contribution in [2.24, 2.45) is 11.7 Å². The van der Waals surface area contributed by atoms with E-state index < -0.39 is 0 Å². The van der Waals surface area contributed by atoms with Crippen LogP contribution in [0.5, 0.6) is 0 Å². The van der Waals surface area contributed by atoms with Crippen molar-refractivity contribution >= 4 is 5.91 Å². The average Bonchev–Trinajstić information content (AvgIpc) is 2.68. The molecule has 2 aliphatic rings. The number of hydrogen-bond acceptors (Lipinski definition) is 2. The second-order valence-corrected chi connectivity index (χ2v) is 4.70. The molecule has 1 saturated carbocycles. The first-order chi connectivity index (χ1) is 6.77. The minimum Gasteiger partial charge on any atom is -0.368 e. The number of carbonyl (C=O) groups is 1. The number of hydrogen-bond donors (Lipinski definition) is 2. The summed E-state index contributed by atoms with van der Waals surface area (Å²) in [4.78, 5) is 11.0. The molecule has 1 amide bonds. The van der Waals surface area contributed by atoms with E-state index in [1.807, 2.05) is 0 Å². The average molecular weight is 196 g/mol. The van der Waals surface area contributed by atoms with E-state index in [1.165, 1.54) is 32.1 Å². The minimum atomic E-state index is -0.177. The highest BCUT2D eigenvalue weighted by atomic mass is 16.1. The number of nitrogens with two attached hydrogens (primary N) is 1. The van der Waals surface area contributed by atoms with Gasteiger partial charge in [0.2, 0.25) is 5.91 Å². The van der Waals surface area contributed by atoms with Crippen LogP contribution in [0.25, 0.3) is 0 Å². The Hall–Kier alpha value is -0.570. The molecular weight excluding hydrogens is 176 g/mol. The smallest absolute Gasteiger partial charge is 0.234 e. The van der Waals surface area contributed by atoms with Gasteiger partial charge in [0.05, 0.1) is 6.04 Å². The third-order valence-corrected chi connectivity index (χ3v) is 3.74. The fourth-order valence-electron chi connectivity index (χ4n) is 2.90. The first kappa shape index (κ1) is 9.97. The van der Waals surface area contributed by atoms with Gasteiger partial charge in [-0.3, -0.25) is 4.79 Å². The van der Waals surface area contributed by atoms with Crippen molar-refractivity contribution in [3.8, 4) is 0 Å². The predicted molar refractivity (Wildman–Crippen MR) is 55.7 cm³/mol. The summed E-state index contributed by atoms with van der Waals surface area (Å²) >= 11 is 0. The van der Waals surface area contributed by atoms with Crippen molar-refractivity contribution in [2.75, 3.05) is 0 Å². The van der Waals surface area contributed by atoms with Gasteiger partial charge in [-0.2, -0.15) is 0 Å². The highest BCUT2D eigenvalue weighted by Crippen LogP contribution is 2.31. The lowest BCUT2D eigenvalue weighted by Gasteiger charge is -2.27. The summed E-state index contributed by atoms with van der Waals surface area (Å²) in [6.45, 7) is 0. The Morgan fingerprint density at radius 3 is 2.36 bits per heavy atom. The largest absolute Gasteiger partial charge is 0.368 e. The summed E-state index contributed by atoms with van der Waals surface area (Å²) in [6, 6.07) is 0.509. The molecule has 2 fully saturated rings. The van der Waals surface area contributed by atoms with Crippen molar-refractivity contribution in [2.45, 2.75) is 57.0 Å². The summed E-state index contributed by atoms with van der Waals surface area (Å²) in [7, 11) is 0. The number of rotatable bonds is 2. The SMILES string of the molecule is NC(=O)C1CCC(C2CCCCC2)N1. The van der Waals surface area contributed by atoms with Crippen LogP contribution in [0.4, 0.5) is 0 Å². The topological polar surface area (TPSA) is 55.1 Å². The van der Waals surface area contributed by atoms with Crippen LogP contribution in [0.1, 0.15) is 44.9 Å². The third kappa shape index (κ3) is 2.08. The fourth-order valence-corrected chi connectivity index (χ4v) is 2.90. The van der Waals surface area contributed by atoms with Crippen LogP contribution in [-0.2, 0) is 4.79 Å². The Labute approximate surface area is 85.4 Å². The summed E-state index contributed by atoms with van der Waals surface area (Å²) < 4.78 is 0. The van der Waals surface area contributed by atoms with Gasteiger partial charge >= 0.3 is 0 Å². The lowest BCUT2D eigenvalue weighted by atomic mass is 9.83. The van der Waals surface area contributed by atoms with Gasteiger partial charge in [-0.25, -0.2) is 0 Å². The maximum Gasteiger partial charge on any atom is 0.234 e. The van der Waals surface area contributed by atoms with Gasteiger partial charge < -0.3 is 11.1 Å². The maximum atomic E-state index is 11.0. The predicted octanol–water partition coefficient (Wildman–Crippen LogP) is 1.17. The number of primary amides is 1. The van der Waals surface area contributed by atoms with E-state index in [0.717, 1.165) is 18.8 Å². The molecule has 1 aliphatic heterocycles. The molecule has 1 saturated heterocycles. The second kappa shape index (κ2) is 4.30. The van der Waals surface area contributed by atoms with Gasteiger partial charge in [-0.15, -0.1) is 0 Å². The second-order valence-electron chi connectivity index (χ2n) is 4.70. The van der Waals surface area contributed by atoms with E-state index in [0.29, 0.717) is 6.04 Å². The van der Waals surface area contributed by atoms with E-state index in [4.69, 9.17) is 5.73 Å². The van der Waals surface area contributed by atoms with Crippen LogP contribution in [0.2, 0.25) is 0 Å². The summed E-state index contributed by atoms with van der Waals surface area (Å²) in [6.07, 6.45) is 8.87. The quantitative estimate of drug-likeness (QED) is 0.696. The van der Waals surface area contributed by atoms with E-state index in [-0.39, 0.29) is 11.9 Å². The standard InChI is InChI=1S/C11H20N2O/c12-11(14)10-7-6-9(13-10)8-4-2-1-3-5-8/h8-10,13H,1-7H2,(H2,12,14). The van der Waals surface area contributed by atoms with Crippen molar-refractivity contribution in [1.29, 1.82) is 0 Å². The molecule has 1 heterocycles. The van der Waals surface area contributed by atoms with E-state index in [2.05, 4.69) is 5.32 Å². The van der Waals surface area contributed by atoms with Crippen LogP contribution >= 0.6 is 0 Å². The van der Waals surface area contributed by atoms with Gasteiger partial charge in [0.25, 0.3) is 0 Å². The molecule has 1 aliphatic carbocycles. The number of carbonyl (C=O) groups excluding carboxylic acids is 1. The molecular formula is C11H20N2O. The normalized spacial score (nSPS) is 34.6. The molecule has 14 heavy (non-hydrogen) atoms. The number of amides is 1. The summed E-state index contributed by atoms with van der Waals surface area (Å²) in [5, 5.41) is 3.39. The monoisotopic (exact) mass is 196 g/mol. The molecule has 2 atom stereocenters. The first-order valence-corrected chi connectivity index (χ1v) is 5.83. The molecule has 2 rings (SSSR count). The van der Waals surface area contributed by atoms with Crippen LogP contribution < -0.4 is 11.1 Å². The van der Waals surface area contributed by atoms with Crippen LogP contribution in [-0.4, -0.2) is 18.0 Å². The van der Waals surface area contributed by atoms with Gasteiger partial charge in [0.1, 0.15) is 0 Å². The molecule has 0 aromatic carbocycles. The molecule has 3 N–H and O–H groups in total. The summed E-state index contributed by atoms with van der Waals surface area (Å²) in [5.41, 5.74) is 5.29. The lowest BCUT2D eigenvalue weighted by Crippen LogP contribution is -2.42. The Balaban J connectivity index is 1.85. The van der Waals surface area contributed by atoms with Crippen molar-refractivity contribution in [3.63, 3.8) is 0 Å². The molecule has 0 radical (unpaired) electrons. The van der Waals surface area contributed by atoms with Crippen molar-refractivity contribution < 1.29 is 4.79 Å².